The number of amides is 1. The van der Waals surface area contributed by atoms with Gasteiger partial charge < -0.3 is 15.5 Å². The summed E-state index contributed by atoms with van der Waals surface area (Å²) < 4.78 is 0. The van der Waals surface area contributed by atoms with E-state index in [-0.39, 0.29) is 5.91 Å². The van der Waals surface area contributed by atoms with Crippen molar-refractivity contribution in [1.29, 1.82) is 0 Å². The third kappa shape index (κ3) is 5.33. The molecule has 0 bridgehead atoms. The van der Waals surface area contributed by atoms with Crippen LogP contribution in [-0.2, 0) is 4.79 Å². The highest BCUT2D eigenvalue weighted by atomic mass is 16.1. The Morgan fingerprint density at radius 2 is 2.12 bits per heavy atom. The minimum absolute atomic E-state index is 0.0925. The van der Waals surface area contributed by atoms with Gasteiger partial charge in [-0.1, -0.05) is 6.08 Å². The van der Waals surface area contributed by atoms with Gasteiger partial charge in [-0.15, -0.1) is 6.58 Å². The van der Waals surface area contributed by atoms with E-state index in [1.807, 2.05) is 0 Å². The lowest BCUT2D eigenvalue weighted by atomic mass is 10.0. The number of nitrogens with zero attached hydrogens (tertiary/aromatic N) is 1. The largest absolute Gasteiger partial charge is 0.352 e. The maximum absolute atomic E-state index is 11.6. The Labute approximate surface area is 104 Å². The van der Waals surface area contributed by atoms with Crippen LogP contribution in [0.4, 0.5) is 0 Å². The number of hydrogen-bond acceptors (Lipinski definition) is 3. The van der Waals surface area contributed by atoms with Gasteiger partial charge >= 0.3 is 0 Å². The van der Waals surface area contributed by atoms with Crippen molar-refractivity contribution in [3.05, 3.63) is 12.7 Å². The lowest BCUT2D eigenvalue weighted by Gasteiger charge is -2.34. The Hall–Kier alpha value is -0.870. The molecule has 1 fully saturated rings. The normalized spacial score (nSPS) is 18.3. The minimum Gasteiger partial charge on any atom is -0.352 e. The van der Waals surface area contributed by atoms with Crippen LogP contribution in [-0.4, -0.2) is 49.1 Å². The number of nitrogens with one attached hydrogen (secondary N) is 2. The number of likely N-dealkylation sites (tertiary alicyclic amines) is 1. The summed E-state index contributed by atoms with van der Waals surface area (Å²) in [6.45, 7) is 11.3. The van der Waals surface area contributed by atoms with E-state index in [1.165, 1.54) is 0 Å². The van der Waals surface area contributed by atoms with Crippen molar-refractivity contribution in [3.8, 4) is 0 Å². The molecule has 0 aromatic rings. The van der Waals surface area contributed by atoms with E-state index in [0.29, 0.717) is 25.2 Å². The molecule has 1 heterocycles. The van der Waals surface area contributed by atoms with Crippen LogP contribution in [0.1, 0.15) is 26.7 Å². The van der Waals surface area contributed by atoms with Gasteiger partial charge in [-0.2, -0.15) is 0 Å². The Bertz CT molecular complexity index is 245. The first-order valence-corrected chi connectivity index (χ1v) is 6.48. The molecule has 1 saturated heterocycles. The van der Waals surface area contributed by atoms with Gasteiger partial charge in [0.1, 0.15) is 0 Å². The first kappa shape index (κ1) is 14.2. The molecule has 0 radical (unpaired) electrons. The van der Waals surface area contributed by atoms with Crippen LogP contribution < -0.4 is 10.6 Å². The molecule has 0 aromatic heterocycles. The fourth-order valence-corrected chi connectivity index (χ4v) is 2.13. The maximum Gasteiger partial charge on any atom is 0.234 e. The summed E-state index contributed by atoms with van der Waals surface area (Å²) in [5.41, 5.74) is 0. The minimum atomic E-state index is 0.0925. The molecule has 1 aliphatic heterocycles. The summed E-state index contributed by atoms with van der Waals surface area (Å²) in [5, 5.41) is 6.09. The predicted octanol–water partition coefficient (Wildman–Crippen LogP) is 0.751. The van der Waals surface area contributed by atoms with Crippen molar-refractivity contribution in [1.82, 2.24) is 15.5 Å². The fraction of sp³-hybridized carbons (Fsp3) is 0.769. The van der Waals surface area contributed by atoms with Crippen molar-refractivity contribution in [2.75, 3.05) is 26.2 Å². The molecule has 4 nitrogen and oxygen atoms in total. The lowest BCUT2D eigenvalue weighted by molar-refractivity contribution is -0.121. The van der Waals surface area contributed by atoms with Gasteiger partial charge in [-0.3, -0.25) is 4.79 Å². The van der Waals surface area contributed by atoms with Crippen molar-refractivity contribution < 1.29 is 4.79 Å². The Balaban J connectivity index is 2.17. The molecule has 0 atom stereocenters. The number of hydrogen-bond donors (Lipinski definition) is 2. The molecule has 4 heteroatoms. The summed E-state index contributed by atoms with van der Waals surface area (Å²) in [6.07, 6.45) is 3.88. The summed E-state index contributed by atoms with van der Waals surface area (Å²) >= 11 is 0. The monoisotopic (exact) mass is 239 g/mol. The van der Waals surface area contributed by atoms with E-state index < -0.39 is 0 Å². The van der Waals surface area contributed by atoms with Crippen LogP contribution in [0.3, 0.4) is 0 Å². The molecular weight excluding hydrogens is 214 g/mol. The SMILES string of the molecule is C=CCNCC(=O)NC1CCN(C(C)C)CC1. The second-order valence-electron chi connectivity index (χ2n) is 4.89. The summed E-state index contributed by atoms with van der Waals surface area (Å²) in [4.78, 5) is 14.0. The average molecular weight is 239 g/mol. The zero-order chi connectivity index (χ0) is 12.7. The fourth-order valence-electron chi connectivity index (χ4n) is 2.13. The average Bonchev–Trinajstić information content (AvgIpc) is 2.30. The van der Waals surface area contributed by atoms with Gasteiger partial charge in [0.2, 0.25) is 5.91 Å². The van der Waals surface area contributed by atoms with Crippen molar-refractivity contribution in [2.45, 2.75) is 38.8 Å². The summed E-state index contributed by atoms with van der Waals surface area (Å²) in [5.74, 6) is 0.0925. The second-order valence-corrected chi connectivity index (χ2v) is 4.89. The standard InChI is InChI=1S/C13H25N3O/c1-4-7-14-10-13(17)15-12-5-8-16(9-6-12)11(2)3/h4,11-12,14H,1,5-10H2,2-3H3,(H,15,17). The Morgan fingerprint density at radius 3 is 2.65 bits per heavy atom. The molecule has 17 heavy (non-hydrogen) atoms. The zero-order valence-corrected chi connectivity index (χ0v) is 11.0. The van der Waals surface area contributed by atoms with E-state index in [9.17, 15) is 4.79 Å². The molecule has 0 aliphatic carbocycles. The Morgan fingerprint density at radius 1 is 1.47 bits per heavy atom. The first-order valence-electron chi connectivity index (χ1n) is 6.48. The summed E-state index contributed by atoms with van der Waals surface area (Å²) in [6, 6.07) is 0.962. The van der Waals surface area contributed by atoms with E-state index in [4.69, 9.17) is 0 Å². The smallest absolute Gasteiger partial charge is 0.234 e. The van der Waals surface area contributed by atoms with Crippen molar-refractivity contribution >= 4 is 5.91 Å². The van der Waals surface area contributed by atoms with Gasteiger partial charge in [0.25, 0.3) is 0 Å². The van der Waals surface area contributed by atoms with Crippen molar-refractivity contribution in [3.63, 3.8) is 0 Å². The molecule has 2 N–H and O–H groups in total. The molecule has 0 unspecified atom stereocenters. The lowest BCUT2D eigenvalue weighted by Crippen LogP contribution is -2.48. The topological polar surface area (TPSA) is 44.4 Å². The van der Waals surface area contributed by atoms with E-state index in [2.05, 4.69) is 36.0 Å². The van der Waals surface area contributed by atoms with E-state index >= 15 is 0 Å². The quantitative estimate of drug-likeness (QED) is 0.531. The molecule has 1 rings (SSSR count). The van der Waals surface area contributed by atoms with Crippen LogP contribution in [0.2, 0.25) is 0 Å². The van der Waals surface area contributed by atoms with Crippen LogP contribution in [0, 0.1) is 0 Å². The van der Waals surface area contributed by atoms with E-state index in [1.54, 1.807) is 6.08 Å². The van der Waals surface area contributed by atoms with Crippen LogP contribution >= 0.6 is 0 Å². The molecular formula is C13H25N3O. The van der Waals surface area contributed by atoms with Gasteiger partial charge in [-0.05, 0) is 26.7 Å². The van der Waals surface area contributed by atoms with Crippen LogP contribution in [0.5, 0.6) is 0 Å². The number of rotatable bonds is 6. The number of carbonyl (C=O) groups is 1. The van der Waals surface area contributed by atoms with Gasteiger partial charge in [-0.25, -0.2) is 0 Å². The molecule has 0 spiro atoms. The molecule has 1 amide bonds. The molecule has 98 valence electrons. The first-order chi connectivity index (χ1) is 8.13. The van der Waals surface area contributed by atoms with Crippen molar-refractivity contribution in [2.24, 2.45) is 0 Å². The highest BCUT2D eigenvalue weighted by molar-refractivity contribution is 5.78. The van der Waals surface area contributed by atoms with Crippen LogP contribution in [0.15, 0.2) is 12.7 Å². The van der Waals surface area contributed by atoms with Gasteiger partial charge in [0.05, 0.1) is 6.54 Å². The molecule has 0 saturated carbocycles. The highest BCUT2D eigenvalue weighted by Crippen LogP contribution is 2.12. The summed E-state index contributed by atoms with van der Waals surface area (Å²) in [7, 11) is 0. The third-order valence-electron chi connectivity index (χ3n) is 3.20. The second kappa shape index (κ2) is 7.45. The van der Waals surface area contributed by atoms with Gasteiger partial charge in [0.15, 0.2) is 0 Å². The van der Waals surface area contributed by atoms with Crippen LogP contribution in [0.25, 0.3) is 0 Å². The zero-order valence-electron chi connectivity index (χ0n) is 11.0. The predicted molar refractivity (Wildman–Crippen MR) is 70.9 cm³/mol. The molecule has 0 aromatic carbocycles. The number of carbonyl (C=O) groups excluding carboxylic acids is 1. The molecule has 1 aliphatic rings. The third-order valence-corrected chi connectivity index (χ3v) is 3.20. The van der Waals surface area contributed by atoms with Gasteiger partial charge in [0, 0.05) is 31.7 Å². The highest BCUT2D eigenvalue weighted by Gasteiger charge is 2.21. The Kier molecular flexibility index (Phi) is 6.22. The number of piperidine rings is 1. The van der Waals surface area contributed by atoms with E-state index in [0.717, 1.165) is 25.9 Å². The maximum atomic E-state index is 11.6.